The van der Waals surface area contributed by atoms with E-state index in [-0.39, 0.29) is 10.6 Å². The fourth-order valence-corrected chi connectivity index (χ4v) is 3.51. The first-order chi connectivity index (χ1) is 10.0. The van der Waals surface area contributed by atoms with Gasteiger partial charge >= 0.3 is 0 Å². The Balaban J connectivity index is 2.09. The van der Waals surface area contributed by atoms with E-state index in [1.807, 2.05) is 12.1 Å². The van der Waals surface area contributed by atoms with Gasteiger partial charge in [0.25, 0.3) is 5.69 Å². The van der Waals surface area contributed by atoms with E-state index >= 15 is 0 Å². The quantitative estimate of drug-likeness (QED) is 0.634. The zero-order valence-corrected chi connectivity index (χ0v) is 13.1. The van der Waals surface area contributed by atoms with E-state index in [9.17, 15) is 10.1 Å². The molecule has 0 bridgehead atoms. The Morgan fingerprint density at radius 1 is 1.24 bits per heavy atom. The molecule has 0 heterocycles. The second-order valence-corrected chi connectivity index (χ2v) is 6.45. The third-order valence-electron chi connectivity index (χ3n) is 4.87. The fourth-order valence-electron chi connectivity index (χ4n) is 3.51. The molecule has 2 rings (SSSR count). The van der Waals surface area contributed by atoms with E-state index in [1.165, 1.54) is 37.7 Å². The Morgan fingerprint density at radius 3 is 2.38 bits per heavy atom. The van der Waals surface area contributed by atoms with Crippen molar-refractivity contribution in [1.29, 1.82) is 0 Å². The van der Waals surface area contributed by atoms with Gasteiger partial charge in [-0.05, 0) is 36.8 Å². The molecular weight excluding hydrogens is 264 g/mol. The van der Waals surface area contributed by atoms with Crippen LogP contribution in [0.1, 0.15) is 51.5 Å². The largest absolute Gasteiger partial charge is 0.313 e. The lowest BCUT2D eigenvalue weighted by molar-refractivity contribution is -0.384. The summed E-state index contributed by atoms with van der Waals surface area (Å²) in [6, 6.07) is 7.47. The van der Waals surface area contributed by atoms with Crippen molar-refractivity contribution in [2.45, 2.75) is 58.4 Å². The molecule has 1 fully saturated rings. The number of non-ortho nitro benzene ring substituents is 1. The SMILES string of the molecule is CCNC(Cc1ccc([N+](=O)[O-])cc1)C1(C)CCCCC1. The molecule has 4 nitrogen and oxygen atoms in total. The van der Waals surface area contributed by atoms with Gasteiger partial charge in [-0.3, -0.25) is 10.1 Å². The number of hydrogen-bond donors (Lipinski definition) is 1. The van der Waals surface area contributed by atoms with Crippen LogP contribution in [0, 0.1) is 15.5 Å². The molecule has 1 aromatic carbocycles. The van der Waals surface area contributed by atoms with Crippen molar-refractivity contribution in [1.82, 2.24) is 5.32 Å². The minimum Gasteiger partial charge on any atom is -0.313 e. The van der Waals surface area contributed by atoms with Gasteiger partial charge in [-0.15, -0.1) is 0 Å². The lowest BCUT2D eigenvalue weighted by Crippen LogP contribution is -2.46. The van der Waals surface area contributed by atoms with E-state index < -0.39 is 0 Å². The minimum absolute atomic E-state index is 0.169. The molecule has 116 valence electrons. The number of likely N-dealkylation sites (N-methyl/N-ethyl adjacent to an activating group) is 1. The molecule has 0 aromatic heterocycles. The topological polar surface area (TPSA) is 55.2 Å². The van der Waals surface area contributed by atoms with E-state index in [0.29, 0.717) is 11.5 Å². The third-order valence-corrected chi connectivity index (χ3v) is 4.87. The maximum Gasteiger partial charge on any atom is 0.269 e. The van der Waals surface area contributed by atoms with Crippen LogP contribution >= 0.6 is 0 Å². The van der Waals surface area contributed by atoms with Gasteiger partial charge in [0.2, 0.25) is 0 Å². The summed E-state index contributed by atoms with van der Waals surface area (Å²) >= 11 is 0. The number of benzene rings is 1. The molecule has 1 aliphatic carbocycles. The summed E-state index contributed by atoms with van der Waals surface area (Å²) in [5.41, 5.74) is 1.69. The predicted molar refractivity (Wildman–Crippen MR) is 85.5 cm³/mol. The maximum absolute atomic E-state index is 10.7. The van der Waals surface area contributed by atoms with Crippen LogP contribution in [0.2, 0.25) is 0 Å². The van der Waals surface area contributed by atoms with E-state index in [4.69, 9.17) is 0 Å². The highest BCUT2D eigenvalue weighted by atomic mass is 16.6. The number of rotatable bonds is 6. The fraction of sp³-hybridized carbons (Fsp3) is 0.647. The van der Waals surface area contributed by atoms with Crippen molar-refractivity contribution in [2.75, 3.05) is 6.54 Å². The summed E-state index contributed by atoms with van der Waals surface area (Å²) in [6.07, 6.45) is 7.49. The van der Waals surface area contributed by atoms with Crippen LogP contribution in [0.5, 0.6) is 0 Å². The highest BCUT2D eigenvalue weighted by molar-refractivity contribution is 5.33. The Bertz CT molecular complexity index is 464. The normalized spacial score (nSPS) is 19.1. The van der Waals surface area contributed by atoms with Gasteiger partial charge in [0.1, 0.15) is 0 Å². The van der Waals surface area contributed by atoms with Crippen molar-refractivity contribution >= 4 is 5.69 Å². The summed E-state index contributed by atoms with van der Waals surface area (Å²) in [4.78, 5) is 10.4. The molecule has 0 saturated heterocycles. The van der Waals surface area contributed by atoms with Crippen LogP contribution in [0.25, 0.3) is 0 Å². The monoisotopic (exact) mass is 290 g/mol. The molecule has 1 N–H and O–H groups in total. The molecule has 0 amide bonds. The molecule has 4 heteroatoms. The summed E-state index contributed by atoms with van der Waals surface area (Å²) in [6.45, 7) is 5.51. The van der Waals surface area contributed by atoms with Gasteiger partial charge in [0.05, 0.1) is 4.92 Å². The number of nitro benzene ring substituents is 1. The molecule has 1 saturated carbocycles. The summed E-state index contributed by atoms with van der Waals surface area (Å²) < 4.78 is 0. The van der Waals surface area contributed by atoms with Gasteiger partial charge in [0.15, 0.2) is 0 Å². The minimum atomic E-state index is -0.339. The predicted octanol–water partition coefficient (Wildman–Crippen LogP) is 4.09. The summed E-state index contributed by atoms with van der Waals surface area (Å²) in [7, 11) is 0. The van der Waals surface area contributed by atoms with Crippen molar-refractivity contribution in [3.8, 4) is 0 Å². The third kappa shape index (κ3) is 4.03. The molecule has 1 aromatic rings. The van der Waals surface area contributed by atoms with Crippen LogP contribution in [-0.4, -0.2) is 17.5 Å². The second-order valence-electron chi connectivity index (χ2n) is 6.45. The van der Waals surface area contributed by atoms with E-state index in [1.54, 1.807) is 12.1 Å². The van der Waals surface area contributed by atoms with Crippen molar-refractivity contribution in [3.63, 3.8) is 0 Å². The molecule has 0 radical (unpaired) electrons. The molecule has 1 atom stereocenters. The zero-order valence-electron chi connectivity index (χ0n) is 13.1. The van der Waals surface area contributed by atoms with Gasteiger partial charge in [0, 0.05) is 18.2 Å². The molecule has 0 aliphatic heterocycles. The standard InChI is InChI=1S/C17H26N2O2/c1-3-18-16(17(2)11-5-4-6-12-17)13-14-7-9-15(10-8-14)19(20)21/h7-10,16,18H,3-6,11-13H2,1-2H3. The first-order valence-corrected chi connectivity index (χ1v) is 8.02. The van der Waals surface area contributed by atoms with Crippen molar-refractivity contribution < 1.29 is 4.92 Å². The number of nitrogens with zero attached hydrogens (tertiary/aromatic N) is 1. The number of nitro groups is 1. The molecule has 1 unspecified atom stereocenters. The molecule has 21 heavy (non-hydrogen) atoms. The Labute approximate surface area is 127 Å². The van der Waals surface area contributed by atoms with E-state index in [0.717, 1.165) is 13.0 Å². The smallest absolute Gasteiger partial charge is 0.269 e. The van der Waals surface area contributed by atoms with Gasteiger partial charge < -0.3 is 5.32 Å². The zero-order chi connectivity index (χ0) is 15.3. The average molecular weight is 290 g/mol. The van der Waals surface area contributed by atoms with E-state index in [2.05, 4.69) is 19.2 Å². The number of hydrogen-bond acceptors (Lipinski definition) is 3. The molecule has 0 spiro atoms. The molecule has 1 aliphatic rings. The second kappa shape index (κ2) is 7.03. The van der Waals surface area contributed by atoms with Crippen LogP contribution in [0.15, 0.2) is 24.3 Å². The van der Waals surface area contributed by atoms with Gasteiger partial charge in [-0.1, -0.05) is 45.2 Å². The van der Waals surface area contributed by atoms with Crippen molar-refractivity contribution in [3.05, 3.63) is 39.9 Å². The lowest BCUT2D eigenvalue weighted by atomic mass is 9.69. The van der Waals surface area contributed by atoms with Crippen LogP contribution < -0.4 is 5.32 Å². The van der Waals surface area contributed by atoms with Gasteiger partial charge in [-0.25, -0.2) is 0 Å². The Morgan fingerprint density at radius 2 is 1.86 bits per heavy atom. The Kier molecular flexibility index (Phi) is 5.34. The first kappa shape index (κ1) is 16.0. The van der Waals surface area contributed by atoms with Crippen LogP contribution in [0.3, 0.4) is 0 Å². The Hall–Kier alpha value is -1.42. The highest BCUT2D eigenvalue weighted by Crippen LogP contribution is 2.39. The van der Waals surface area contributed by atoms with Crippen LogP contribution in [-0.2, 0) is 6.42 Å². The summed E-state index contributed by atoms with van der Waals surface area (Å²) in [5, 5.41) is 14.4. The maximum atomic E-state index is 10.7. The van der Waals surface area contributed by atoms with Crippen molar-refractivity contribution in [2.24, 2.45) is 5.41 Å². The average Bonchev–Trinajstić information content (AvgIpc) is 2.48. The highest BCUT2D eigenvalue weighted by Gasteiger charge is 2.34. The first-order valence-electron chi connectivity index (χ1n) is 8.02. The molecular formula is C17H26N2O2. The summed E-state index contributed by atoms with van der Waals surface area (Å²) in [5.74, 6) is 0. The number of nitrogens with one attached hydrogen (secondary N) is 1. The van der Waals surface area contributed by atoms with Crippen LogP contribution in [0.4, 0.5) is 5.69 Å². The van der Waals surface area contributed by atoms with Gasteiger partial charge in [-0.2, -0.15) is 0 Å². The lowest BCUT2D eigenvalue weighted by Gasteiger charge is -2.41.